The molecule has 0 heterocycles. The molecule has 0 atom stereocenters. The SMILES string of the molecule is CCCOc1cc(N)cc(NCC(=O)OCC)c1. The van der Waals surface area contributed by atoms with Crippen LogP contribution in [0.1, 0.15) is 20.3 Å². The Kier molecular flexibility index (Phi) is 5.84. The van der Waals surface area contributed by atoms with Gasteiger partial charge in [-0.05, 0) is 19.4 Å². The number of anilines is 2. The maximum atomic E-state index is 11.2. The molecule has 0 bridgehead atoms. The standard InChI is InChI=1S/C13H20N2O3/c1-3-5-18-12-7-10(14)6-11(8-12)15-9-13(16)17-4-2/h6-8,15H,3-5,9,14H2,1-2H3. The summed E-state index contributed by atoms with van der Waals surface area (Å²) < 4.78 is 10.3. The second-order valence-electron chi connectivity index (χ2n) is 3.80. The molecule has 100 valence electrons. The Morgan fingerprint density at radius 2 is 2.11 bits per heavy atom. The van der Waals surface area contributed by atoms with Crippen LogP contribution in [0.25, 0.3) is 0 Å². The number of ether oxygens (including phenoxy) is 2. The lowest BCUT2D eigenvalue weighted by molar-refractivity contribution is -0.140. The van der Waals surface area contributed by atoms with Gasteiger partial charge in [0.2, 0.25) is 0 Å². The molecule has 0 amide bonds. The molecule has 0 fully saturated rings. The minimum absolute atomic E-state index is 0.116. The Morgan fingerprint density at radius 1 is 1.33 bits per heavy atom. The summed E-state index contributed by atoms with van der Waals surface area (Å²) in [7, 11) is 0. The minimum atomic E-state index is -0.295. The van der Waals surface area contributed by atoms with Crippen molar-refractivity contribution < 1.29 is 14.3 Å². The average molecular weight is 252 g/mol. The summed E-state index contributed by atoms with van der Waals surface area (Å²) >= 11 is 0. The van der Waals surface area contributed by atoms with Gasteiger partial charge in [0.05, 0.1) is 13.2 Å². The molecule has 1 rings (SSSR count). The first-order chi connectivity index (χ1) is 8.65. The van der Waals surface area contributed by atoms with Crippen LogP contribution in [0.2, 0.25) is 0 Å². The van der Waals surface area contributed by atoms with E-state index in [9.17, 15) is 4.79 Å². The van der Waals surface area contributed by atoms with Gasteiger partial charge in [-0.2, -0.15) is 0 Å². The van der Waals surface area contributed by atoms with Gasteiger partial charge in [0, 0.05) is 23.5 Å². The van der Waals surface area contributed by atoms with E-state index in [1.165, 1.54) is 0 Å². The zero-order chi connectivity index (χ0) is 13.4. The minimum Gasteiger partial charge on any atom is -0.493 e. The van der Waals surface area contributed by atoms with Crippen molar-refractivity contribution in [1.29, 1.82) is 0 Å². The fourth-order valence-corrected chi connectivity index (χ4v) is 1.41. The number of benzene rings is 1. The van der Waals surface area contributed by atoms with Gasteiger partial charge >= 0.3 is 5.97 Å². The molecular weight excluding hydrogens is 232 g/mol. The normalized spacial score (nSPS) is 9.89. The van der Waals surface area contributed by atoms with Gasteiger partial charge in [-0.1, -0.05) is 6.92 Å². The van der Waals surface area contributed by atoms with Gasteiger partial charge in [-0.15, -0.1) is 0 Å². The molecule has 3 N–H and O–H groups in total. The van der Waals surface area contributed by atoms with E-state index in [0.717, 1.165) is 12.1 Å². The van der Waals surface area contributed by atoms with Crippen LogP contribution in [0.3, 0.4) is 0 Å². The Bertz CT molecular complexity index is 394. The first kappa shape index (κ1) is 14.2. The van der Waals surface area contributed by atoms with Crippen LogP contribution in [0.15, 0.2) is 18.2 Å². The number of carbonyl (C=O) groups is 1. The molecule has 1 aromatic rings. The highest BCUT2D eigenvalue weighted by Gasteiger charge is 2.03. The van der Waals surface area contributed by atoms with E-state index in [1.54, 1.807) is 19.1 Å². The van der Waals surface area contributed by atoms with Gasteiger partial charge in [-0.25, -0.2) is 0 Å². The Morgan fingerprint density at radius 3 is 2.78 bits per heavy atom. The highest BCUT2D eigenvalue weighted by molar-refractivity contribution is 5.75. The van der Waals surface area contributed by atoms with Crippen molar-refractivity contribution in [2.24, 2.45) is 0 Å². The quantitative estimate of drug-likeness (QED) is 0.574. The number of nitrogen functional groups attached to an aromatic ring is 1. The molecule has 0 radical (unpaired) electrons. The van der Waals surface area contributed by atoms with Crippen LogP contribution in [-0.2, 0) is 9.53 Å². The van der Waals surface area contributed by atoms with Gasteiger partial charge in [0.15, 0.2) is 0 Å². The third-order valence-electron chi connectivity index (χ3n) is 2.14. The number of rotatable bonds is 7. The second kappa shape index (κ2) is 7.42. The number of nitrogens with one attached hydrogen (secondary N) is 1. The molecule has 5 nitrogen and oxygen atoms in total. The number of hydrogen-bond acceptors (Lipinski definition) is 5. The van der Waals surface area contributed by atoms with Crippen molar-refractivity contribution in [3.63, 3.8) is 0 Å². The summed E-state index contributed by atoms with van der Waals surface area (Å²) in [6, 6.07) is 5.31. The number of carbonyl (C=O) groups excluding carboxylic acids is 1. The summed E-state index contributed by atoms with van der Waals surface area (Å²) in [5, 5.41) is 2.95. The van der Waals surface area contributed by atoms with Crippen molar-refractivity contribution in [3.8, 4) is 5.75 Å². The molecule has 0 aliphatic rings. The third kappa shape index (κ3) is 4.95. The molecule has 0 aliphatic carbocycles. The topological polar surface area (TPSA) is 73.6 Å². The van der Waals surface area contributed by atoms with Gasteiger partial charge in [-0.3, -0.25) is 4.79 Å². The second-order valence-corrected chi connectivity index (χ2v) is 3.80. The van der Waals surface area contributed by atoms with E-state index in [0.29, 0.717) is 24.7 Å². The van der Waals surface area contributed by atoms with E-state index in [4.69, 9.17) is 15.2 Å². The third-order valence-corrected chi connectivity index (χ3v) is 2.14. The summed E-state index contributed by atoms with van der Waals surface area (Å²) in [5.74, 6) is 0.402. The van der Waals surface area contributed by atoms with Crippen LogP contribution in [0.4, 0.5) is 11.4 Å². The van der Waals surface area contributed by atoms with Crippen molar-refractivity contribution in [1.82, 2.24) is 0 Å². The number of esters is 1. The zero-order valence-corrected chi connectivity index (χ0v) is 10.9. The fraction of sp³-hybridized carbons (Fsp3) is 0.462. The Labute approximate surface area is 107 Å². The summed E-state index contributed by atoms with van der Waals surface area (Å²) in [6.07, 6.45) is 0.931. The Hall–Kier alpha value is -1.91. The largest absolute Gasteiger partial charge is 0.493 e. The van der Waals surface area contributed by atoms with Crippen molar-refractivity contribution in [2.45, 2.75) is 20.3 Å². The molecular formula is C13H20N2O3. The molecule has 0 aromatic heterocycles. The summed E-state index contributed by atoms with van der Waals surface area (Å²) in [4.78, 5) is 11.2. The van der Waals surface area contributed by atoms with Crippen molar-refractivity contribution in [2.75, 3.05) is 30.8 Å². The van der Waals surface area contributed by atoms with E-state index >= 15 is 0 Å². The fourth-order valence-electron chi connectivity index (χ4n) is 1.41. The maximum absolute atomic E-state index is 11.2. The predicted molar refractivity (Wildman–Crippen MR) is 71.8 cm³/mol. The lowest BCUT2D eigenvalue weighted by Gasteiger charge is -2.10. The highest BCUT2D eigenvalue weighted by Crippen LogP contribution is 2.22. The van der Waals surface area contributed by atoms with Gasteiger partial charge in [0.25, 0.3) is 0 Å². The molecule has 1 aromatic carbocycles. The molecule has 0 spiro atoms. The molecule has 0 saturated heterocycles. The predicted octanol–water partition coefficient (Wildman–Crippen LogP) is 2.03. The molecule has 0 aliphatic heterocycles. The molecule has 5 heteroatoms. The lowest BCUT2D eigenvalue weighted by atomic mass is 10.2. The molecule has 18 heavy (non-hydrogen) atoms. The van der Waals surface area contributed by atoms with Gasteiger partial charge < -0.3 is 20.5 Å². The molecule has 0 saturated carbocycles. The number of hydrogen-bond donors (Lipinski definition) is 2. The number of nitrogens with two attached hydrogens (primary N) is 1. The van der Waals surface area contributed by atoms with Gasteiger partial charge in [0.1, 0.15) is 12.3 Å². The van der Waals surface area contributed by atoms with Crippen LogP contribution in [-0.4, -0.2) is 25.7 Å². The summed E-state index contributed by atoms with van der Waals surface area (Å²) in [6.45, 7) is 4.94. The van der Waals surface area contributed by atoms with E-state index in [2.05, 4.69) is 5.32 Å². The summed E-state index contributed by atoms with van der Waals surface area (Å²) in [5.41, 5.74) is 7.10. The average Bonchev–Trinajstić information content (AvgIpc) is 2.34. The van der Waals surface area contributed by atoms with E-state index in [1.807, 2.05) is 13.0 Å². The van der Waals surface area contributed by atoms with Crippen molar-refractivity contribution >= 4 is 17.3 Å². The van der Waals surface area contributed by atoms with Crippen LogP contribution < -0.4 is 15.8 Å². The zero-order valence-electron chi connectivity index (χ0n) is 10.9. The van der Waals surface area contributed by atoms with Crippen LogP contribution in [0, 0.1) is 0 Å². The van der Waals surface area contributed by atoms with Crippen LogP contribution in [0.5, 0.6) is 5.75 Å². The first-order valence-corrected chi connectivity index (χ1v) is 6.08. The monoisotopic (exact) mass is 252 g/mol. The van der Waals surface area contributed by atoms with E-state index in [-0.39, 0.29) is 12.5 Å². The van der Waals surface area contributed by atoms with Crippen molar-refractivity contribution in [3.05, 3.63) is 18.2 Å². The molecule has 0 unspecified atom stereocenters. The highest BCUT2D eigenvalue weighted by atomic mass is 16.5. The van der Waals surface area contributed by atoms with E-state index < -0.39 is 0 Å². The Balaban J connectivity index is 2.59. The maximum Gasteiger partial charge on any atom is 0.325 e. The first-order valence-electron chi connectivity index (χ1n) is 6.08. The van der Waals surface area contributed by atoms with Crippen LogP contribution >= 0.6 is 0 Å². The lowest BCUT2D eigenvalue weighted by Crippen LogP contribution is -2.16. The smallest absolute Gasteiger partial charge is 0.325 e.